The van der Waals surface area contributed by atoms with Crippen LogP contribution in [0.4, 0.5) is 0 Å². The predicted octanol–water partition coefficient (Wildman–Crippen LogP) is 0.452. The Balaban J connectivity index is 1.96. The van der Waals surface area contributed by atoms with Crippen molar-refractivity contribution in [2.24, 2.45) is 11.8 Å². The topological polar surface area (TPSA) is 57.5 Å². The van der Waals surface area contributed by atoms with Gasteiger partial charge in [0.25, 0.3) is 5.56 Å². The minimum absolute atomic E-state index is 0.0980. The van der Waals surface area contributed by atoms with Crippen LogP contribution in [-0.2, 0) is 9.47 Å². The minimum atomic E-state index is -0.577. The largest absolute Gasteiger partial charge is 0.465 e. The lowest BCUT2D eigenvalue weighted by molar-refractivity contribution is 0.0597. The number of rotatable bonds is 2. The quantitative estimate of drug-likeness (QED) is 0.698. The molecule has 17 heavy (non-hydrogen) atoms. The normalized spacial score (nSPS) is 29.8. The van der Waals surface area contributed by atoms with Gasteiger partial charge in [0.15, 0.2) is 0 Å². The van der Waals surface area contributed by atoms with Gasteiger partial charge in [0.2, 0.25) is 0 Å². The van der Waals surface area contributed by atoms with E-state index in [-0.39, 0.29) is 17.2 Å². The molecule has 0 bridgehead atoms. The van der Waals surface area contributed by atoms with Gasteiger partial charge >= 0.3 is 5.97 Å². The maximum absolute atomic E-state index is 12.1. The minimum Gasteiger partial charge on any atom is -0.465 e. The number of carbonyl (C=O) groups is 1. The molecule has 2 aliphatic rings. The molecule has 1 aromatic rings. The van der Waals surface area contributed by atoms with Gasteiger partial charge in [0.1, 0.15) is 5.56 Å². The summed E-state index contributed by atoms with van der Waals surface area (Å²) in [4.78, 5) is 23.5. The van der Waals surface area contributed by atoms with E-state index in [1.807, 2.05) is 0 Å². The molecule has 3 atom stereocenters. The van der Waals surface area contributed by atoms with Gasteiger partial charge in [-0.25, -0.2) is 4.79 Å². The number of fused-ring (bicyclic) bond motifs is 1. The van der Waals surface area contributed by atoms with Crippen molar-refractivity contribution in [3.8, 4) is 0 Å². The standard InChI is InChI=1S/C12H13NO4/c1-16-12(15)7-3-2-4-13(11(7)14)10-8-5-17-6-9(8)10/h2-4,8-10H,5-6H2,1H3/t8-,9+,10?. The average Bonchev–Trinajstić information content (AvgIpc) is 2.82. The van der Waals surface area contributed by atoms with Crippen LogP contribution in [0.5, 0.6) is 0 Å². The van der Waals surface area contributed by atoms with Crippen LogP contribution in [0.1, 0.15) is 16.4 Å². The van der Waals surface area contributed by atoms with Gasteiger partial charge in [0, 0.05) is 24.1 Å². The summed E-state index contributed by atoms with van der Waals surface area (Å²) in [7, 11) is 1.28. The lowest BCUT2D eigenvalue weighted by Crippen LogP contribution is -2.27. The summed E-state index contributed by atoms with van der Waals surface area (Å²) in [5.74, 6) is 0.285. The molecule has 3 rings (SSSR count). The molecule has 5 nitrogen and oxygen atoms in total. The number of aromatic nitrogens is 1. The van der Waals surface area contributed by atoms with Crippen molar-refractivity contribution in [3.05, 3.63) is 34.2 Å². The Bertz CT molecular complexity index is 511. The molecular weight excluding hydrogens is 222 g/mol. The molecule has 1 aliphatic heterocycles. The number of carbonyl (C=O) groups excluding carboxylic acids is 1. The summed E-state index contributed by atoms with van der Waals surface area (Å²) in [6.45, 7) is 1.43. The van der Waals surface area contributed by atoms with Crippen molar-refractivity contribution in [2.45, 2.75) is 6.04 Å². The highest BCUT2D eigenvalue weighted by Crippen LogP contribution is 2.53. The SMILES string of the molecule is COC(=O)c1cccn(C2[C@H]3COC[C@@H]23)c1=O. The lowest BCUT2D eigenvalue weighted by atomic mass is 10.2. The van der Waals surface area contributed by atoms with E-state index in [4.69, 9.17) is 4.74 Å². The third-order valence-electron chi connectivity index (χ3n) is 3.61. The van der Waals surface area contributed by atoms with Crippen molar-refractivity contribution in [2.75, 3.05) is 20.3 Å². The smallest absolute Gasteiger partial charge is 0.343 e. The Morgan fingerprint density at radius 2 is 2.18 bits per heavy atom. The fraction of sp³-hybridized carbons (Fsp3) is 0.500. The summed E-state index contributed by atoms with van der Waals surface area (Å²) >= 11 is 0. The van der Waals surface area contributed by atoms with E-state index in [2.05, 4.69) is 4.74 Å². The van der Waals surface area contributed by atoms with E-state index in [9.17, 15) is 9.59 Å². The summed E-state index contributed by atoms with van der Waals surface area (Å²) in [5.41, 5.74) is -0.167. The molecular formula is C12H13NO4. The molecule has 2 fully saturated rings. The highest BCUT2D eigenvalue weighted by atomic mass is 16.5. The summed E-state index contributed by atoms with van der Waals surface area (Å²) in [6, 6.07) is 3.41. The molecule has 0 N–H and O–H groups in total. The van der Waals surface area contributed by atoms with E-state index in [0.717, 1.165) is 0 Å². The maximum Gasteiger partial charge on any atom is 0.343 e. The van der Waals surface area contributed by atoms with E-state index in [0.29, 0.717) is 25.0 Å². The van der Waals surface area contributed by atoms with Gasteiger partial charge in [-0.1, -0.05) is 0 Å². The van der Waals surface area contributed by atoms with Crippen molar-refractivity contribution in [1.82, 2.24) is 4.57 Å². The van der Waals surface area contributed by atoms with Crippen molar-refractivity contribution >= 4 is 5.97 Å². The molecule has 1 aliphatic carbocycles. The summed E-state index contributed by atoms with van der Waals surface area (Å²) < 4.78 is 11.5. The Kier molecular flexibility index (Phi) is 2.29. The van der Waals surface area contributed by atoms with Crippen LogP contribution in [0.15, 0.2) is 23.1 Å². The average molecular weight is 235 g/mol. The van der Waals surface area contributed by atoms with E-state index in [1.165, 1.54) is 13.2 Å². The molecule has 1 saturated carbocycles. The number of esters is 1. The van der Waals surface area contributed by atoms with Crippen LogP contribution >= 0.6 is 0 Å². The second kappa shape index (κ2) is 3.70. The molecule has 5 heteroatoms. The zero-order valence-electron chi connectivity index (χ0n) is 9.46. The zero-order chi connectivity index (χ0) is 12.0. The van der Waals surface area contributed by atoms with Gasteiger partial charge in [-0.05, 0) is 12.1 Å². The number of hydrogen-bond donors (Lipinski definition) is 0. The number of pyridine rings is 1. The summed E-state index contributed by atoms with van der Waals surface area (Å²) in [6.07, 6.45) is 1.73. The van der Waals surface area contributed by atoms with Crippen LogP contribution in [0.25, 0.3) is 0 Å². The molecule has 2 heterocycles. The Labute approximate surface area is 98.0 Å². The van der Waals surface area contributed by atoms with Crippen molar-refractivity contribution in [1.29, 1.82) is 0 Å². The van der Waals surface area contributed by atoms with Crippen LogP contribution < -0.4 is 5.56 Å². The summed E-state index contributed by atoms with van der Waals surface area (Å²) in [5, 5.41) is 0. The van der Waals surface area contributed by atoms with Crippen LogP contribution in [0.3, 0.4) is 0 Å². The lowest BCUT2D eigenvalue weighted by Gasteiger charge is -2.09. The number of ether oxygens (including phenoxy) is 2. The number of nitrogens with zero attached hydrogens (tertiary/aromatic N) is 1. The Hall–Kier alpha value is -1.62. The molecule has 1 aromatic heterocycles. The Morgan fingerprint density at radius 1 is 1.47 bits per heavy atom. The third kappa shape index (κ3) is 1.50. The van der Waals surface area contributed by atoms with Crippen molar-refractivity contribution < 1.29 is 14.3 Å². The molecule has 90 valence electrons. The first-order valence-electron chi connectivity index (χ1n) is 5.61. The molecule has 0 spiro atoms. The van der Waals surface area contributed by atoms with Gasteiger partial charge in [-0.2, -0.15) is 0 Å². The monoisotopic (exact) mass is 235 g/mol. The van der Waals surface area contributed by atoms with Gasteiger partial charge < -0.3 is 14.0 Å². The second-order valence-electron chi connectivity index (χ2n) is 4.48. The first-order valence-corrected chi connectivity index (χ1v) is 5.61. The number of methoxy groups -OCH3 is 1. The van der Waals surface area contributed by atoms with Gasteiger partial charge in [0.05, 0.1) is 20.3 Å². The highest BCUT2D eigenvalue weighted by molar-refractivity contribution is 5.88. The Morgan fingerprint density at radius 3 is 2.82 bits per heavy atom. The van der Waals surface area contributed by atoms with Crippen LogP contribution in [0, 0.1) is 11.8 Å². The molecule has 1 unspecified atom stereocenters. The number of hydrogen-bond acceptors (Lipinski definition) is 4. The van der Waals surface area contributed by atoms with Crippen molar-refractivity contribution in [3.63, 3.8) is 0 Å². The van der Waals surface area contributed by atoms with E-state index < -0.39 is 5.97 Å². The fourth-order valence-corrected chi connectivity index (χ4v) is 2.63. The second-order valence-corrected chi connectivity index (χ2v) is 4.48. The first-order chi connectivity index (χ1) is 8.24. The van der Waals surface area contributed by atoms with Crippen LogP contribution in [0.2, 0.25) is 0 Å². The molecule has 0 amide bonds. The fourth-order valence-electron chi connectivity index (χ4n) is 2.63. The third-order valence-corrected chi connectivity index (χ3v) is 3.61. The first kappa shape index (κ1) is 10.5. The van der Waals surface area contributed by atoms with Gasteiger partial charge in [-0.15, -0.1) is 0 Å². The van der Waals surface area contributed by atoms with Crippen LogP contribution in [-0.4, -0.2) is 30.9 Å². The van der Waals surface area contributed by atoms with E-state index >= 15 is 0 Å². The van der Waals surface area contributed by atoms with E-state index in [1.54, 1.807) is 16.8 Å². The molecule has 1 saturated heterocycles. The van der Waals surface area contributed by atoms with Gasteiger partial charge in [-0.3, -0.25) is 4.79 Å². The molecule has 0 radical (unpaired) electrons. The predicted molar refractivity (Wildman–Crippen MR) is 58.9 cm³/mol. The molecule has 0 aromatic carbocycles. The maximum atomic E-state index is 12.1. The highest BCUT2D eigenvalue weighted by Gasteiger charge is 2.55. The zero-order valence-corrected chi connectivity index (χ0v) is 9.46.